The molecule has 0 bridgehead atoms. The van der Waals surface area contributed by atoms with E-state index in [1.165, 1.54) is 10.9 Å². The summed E-state index contributed by atoms with van der Waals surface area (Å²) < 4.78 is 11.4. The Balaban J connectivity index is 2.59. The summed E-state index contributed by atoms with van der Waals surface area (Å²) in [5.41, 5.74) is 1.25. The molecular weight excluding hydrogens is 224 g/mol. The van der Waals surface area contributed by atoms with Gasteiger partial charge in [-0.2, -0.15) is 0 Å². The van der Waals surface area contributed by atoms with Gasteiger partial charge >= 0.3 is 0 Å². The number of hydrogen-bond donors (Lipinski definition) is 0. The van der Waals surface area contributed by atoms with Gasteiger partial charge in [0, 0.05) is 5.39 Å². The molecule has 2 nitrogen and oxygen atoms in total. The summed E-state index contributed by atoms with van der Waals surface area (Å²) >= 11 is 0. The molecule has 0 unspecified atom stereocenters. The molecule has 0 aliphatic rings. The van der Waals surface area contributed by atoms with E-state index in [-0.39, 0.29) is 0 Å². The zero-order valence-corrected chi connectivity index (χ0v) is 11.3. The minimum atomic E-state index is 0.683. The van der Waals surface area contributed by atoms with E-state index < -0.39 is 0 Å². The number of hydrogen-bond acceptors (Lipinski definition) is 2. The average Bonchev–Trinajstić information content (AvgIpc) is 2.40. The molecule has 0 spiro atoms. The zero-order valence-electron chi connectivity index (χ0n) is 11.3. The lowest BCUT2D eigenvalue weighted by Gasteiger charge is -2.13. The Labute approximate surface area is 109 Å². The lowest BCUT2D eigenvalue weighted by molar-refractivity contribution is 0.336. The van der Waals surface area contributed by atoms with Crippen molar-refractivity contribution in [2.24, 2.45) is 0 Å². The van der Waals surface area contributed by atoms with Crippen molar-refractivity contribution < 1.29 is 9.47 Å². The van der Waals surface area contributed by atoms with Gasteiger partial charge in [-0.1, -0.05) is 25.1 Å². The third-order valence-electron chi connectivity index (χ3n) is 3.01. The molecular formula is C16H20O2. The maximum atomic E-state index is 5.82. The Morgan fingerprint density at radius 1 is 0.889 bits per heavy atom. The summed E-state index contributed by atoms with van der Waals surface area (Å²) in [6, 6.07) is 10.5. The Morgan fingerprint density at radius 2 is 1.61 bits per heavy atom. The van der Waals surface area contributed by atoms with Gasteiger partial charge in [0.1, 0.15) is 11.5 Å². The molecule has 2 rings (SSSR count). The molecule has 0 fully saturated rings. The molecule has 0 aliphatic carbocycles. The highest BCUT2D eigenvalue weighted by Crippen LogP contribution is 2.33. The maximum Gasteiger partial charge on any atom is 0.130 e. The van der Waals surface area contributed by atoms with Crippen LogP contribution in [0.3, 0.4) is 0 Å². The molecule has 0 amide bonds. The largest absolute Gasteiger partial charge is 0.494 e. The highest BCUT2D eigenvalue weighted by atomic mass is 16.5. The summed E-state index contributed by atoms with van der Waals surface area (Å²) in [5.74, 6) is 1.90. The van der Waals surface area contributed by atoms with Gasteiger partial charge in [-0.05, 0) is 43.4 Å². The summed E-state index contributed by atoms with van der Waals surface area (Å²) in [6.07, 6.45) is 0.976. The first-order chi connectivity index (χ1) is 8.80. The van der Waals surface area contributed by atoms with Crippen LogP contribution in [0, 0.1) is 0 Å². The fourth-order valence-corrected chi connectivity index (χ4v) is 2.17. The van der Waals surface area contributed by atoms with Crippen molar-refractivity contribution in [3.05, 3.63) is 35.9 Å². The van der Waals surface area contributed by atoms with E-state index in [0.29, 0.717) is 13.2 Å². The predicted octanol–water partition coefficient (Wildman–Crippen LogP) is 4.20. The lowest BCUT2D eigenvalue weighted by atomic mass is 10.0. The van der Waals surface area contributed by atoms with E-state index in [0.717, 1.165) is 23.3 Å². The zero-order chi connectivity index (χ0) is 13.0. The van der Waals surface area contributed by atoms with Gasteiger partial charge in [-0.25, -0.2) is 0 Å². The van der Waals surface area contributed by atoms with Crippen molar-refractivity contribution in [2.45, 2.75) is 27.2 Å². The second kappa shape index (κ2) is 5.76. The molecule has 0 saturated carbocycles. The van der Waals surface area contributed by atoms with E-state index in [1.54, 1.807) is 0 Å². The predicted molar refractivity (Wildman–Crippen MR) is 75.7 cm³/mol. The highest BCUT2D eigenvalue weighted by molar-refractivity contribution is 5.90. The highest BCUT2D eigenvalue weighted by Gasteiger charge is 2.08. The first-order valence-corrected chi connectivity index (χ1v) is 6.61. The third-order valence-corrected chi connectivity index (χ3v) is 3.01. The van der Waals surface area contributed by atoms with Crippen LogP contribution in [0.5, 0.6) is 11.5 Å². The lowest BCUT2D eigenvalue weighted by Crippen LogP contribution is -1.98. The Kier molecular flexibility index (Phi) is 4.08. The van der Waals surface area contributed by atoms with Gasteiger partial charge in [0.2, 0.25) is 0 Å². The van der Waals surface area contributed by atoms with E-state index in [4.69, 9.17) is 9.47 Å². The standard InChI is InChI=1S/C16H20O2/c1-4-12-7-8-13-9-10-14(17-5-2)11-15(13)16(12)18-6-3/h7-11H,4-6H2,1-3H3. The van der Waals surface area contributed by atoms with Crippen LogP contribution >= 0.6 is 0 Å². The molecule has 0 aliphatic heterocycles. The second-order valence-electron chi connectivity index (χ2n) is 4.16. The molecule has 0 aromatic heterocycles. The topological polar surface area (TPSA) is 18.5 Å². The molecule has 0 N–H and O–H groups in total. The number of rotatable bonds is 5. The van der Waals surface area contributed by atoms with Crippen LogP contribution in [0.2, 0.25) is 0 Å². The van der Waals surface area contributed by atoms with Crippen molar-refractivity contribution in [1.29, 1.82) is 0 Å². The van der Waals surface area contributed by atoms with E-state index in [1.807, 2.05) is 19.9 Å². The SMILES string of the molecule is CCOc1ccc2ccc(CC)c(OCC)c2c1. The fraction of sp³-hybridized carbons (Fsp3) is 0.375. The smallest absolute Gasteiger partial charge is 0.130 e. The van der Waals surface area contributed by atoms with Gasteiger partial charge in [0.15, 0.2) is 0 Å². The van der Waals surface area contributed by atoms with Gasteiger partial charge in [0.05, 0.1) is 13.2 Å². The first-order valence-electron chi connectivity index (χ1n) is 6.61. The molecule has 0 heterocycles. The quantitative estimate of drug-likeness (QED) is 0.784. The van der Waals surface area contributed by atoms with Crippen LogP contribution < -0.4 is 9.47 Å². The minimum Gasteiger partial charge on any atom is -0.494 e. The van der Waals surface area contributed by atoms with Gasteiger partial charge in [0.25, 0.3) is 0 Å². The summed E-state index contributed by atoms with van der Waals surface area (Å²) in [7, 11) is 0. The summed E-state index contributed by atoms with van der Waals surface area (Å²) in [6.45, 7) is 7.53. The van der Waals surface area contributed by atoms with Crippen LogP contribution in [0.25, 0.3) is 10.8 Å². The minimum absolute atomic E-state index is 0.683. The van der Waals surface area contributed by atoms with Gasteiger partial charge in [-0.3, -0.25) is 0 Å². The number of benzene rings is 2. The van der Waals surface area contributed by atoms with Crippen molar-refractivity contribution >= 4 is 10.8 Å². The molecule has 2 aromatic carbocycles. The summed E-state index contributed by atoms with van der Waals surface area (Å²) in [4.78, 5) is 0. The molecule has 96 valence electrons. The Bertz CT molecular complexity index is 532. The van der Waals surface area contributed by atoms with Crippen molar-refractivity contribution in [2.75, 3.05) is 13.2 Å². The van der Waals surface area contributed by atoms with E-state index >= 15 is 0 Å². The monoisotopic (exact) mass is 244 g/mol. The molecule has 0 radical (unpaired) electrons. The number of aryl methyl sites for hydroxylation is 1. The van der Waals surface area contributed by atoms with E-state index in [2.05, 4.69) is 31.2 Å². The van der Waals surface area contributed by atoms with E-state index in [9.17, 15) is 0 Å². The average molecular weight is 244 g/mol. The van der Waals surface area contributed by atoms with Crippen LogP contribution in [-0.4, -0.2) is 13.2 Å². The van der Waals surface area contributed by atoms with Crippen molar-refractivity contribution in [1.82, 2.24) is 0 Å². The third kappa shape index (κ3) is 2.42. The van der Waals surface area contributed by atoms with Crippen LogP contribution in [-0.2, 0) is 6.42 Å². The van der Waals surface area contributed by atoms with Gasteiger partial charge < -0.3 is 9.47 Å². The second-order valence-corrected chi connectivity index (χ2v) is 4.16. The normalized spacial score (nSPS) is 10.6. The van der Waals surface area contributed by atoms with Gasteiger partial charge in [-0.15, -0.1) is 0 Å². The number of ether oxygens (including phenoxy) is 2. The first kappa shape index (κ1) is 12.7. The Morgan fingerprint density at radius 3 is 2.28 bits per heavy atom. The molecule has 18 heavy (non-hydrogen) atoms. The number of fused-ring (bicyclic) bond motifs is 1. The van der Waals surface area contributed by atoms with Crippen molar-refractivity contribution in [3.63, 3.8) is 0 Å². The van der Waals surface area contributed by atoms with Crippen molar-refractivity contribution in [3.8, 4) is 11.5 Å². The fourth-order valence-electron chi connectivity index (χ4n) is 2.17. The molecule has 2 heteroatoms. The molecule has 0 saturated heterocycles. The molecule has 0 atom stereocenters. The van der Waals surface area contributed by atoms with Crippen LogP contribution in [0.15, 0.2) is 30.3 Å². The molecule has 2 aromatic rings. The summed E-state index contributed by atoms with van der Waals surface area (Å²) in [5, 5.41) is 2.33. The van der Waals surface area contributed by atoms with Crippen LogP contribution in [0.4, 0.5) is 0 Å². The van der Waals surface area contributed by atoms with Crippen LogP contribution in [0.1, 0.15) is 26.3 Å². The maximum absolute atomic E-state index is 5.82. The Hall–Kier alpha value is -1.70.